The number of hydrogen-bond donors (Lipinski definition) is 1. The van der Waals surface area contributed by atoms with Crippen LogP contribution in [-0.4, -0.2) is 21.7 Å². The zero-order valence-electron chi connectivity index (χ0n) is 13.1. The minimum absolute atomic E-state index is 0.163. The van der Waals surface area contributed by atoms with E-state index >= 15 is 0 Å². The molecule has 1 N–H and O–H groups in total. The van der Waals surface area contributed by atoms with Crippen LogP contribution < -0.4 is 10.3 Å². The first-order valence-electron chi connectivity index (χ1n) is 7.57. The number of benzene rings is 2. The minimum atomic E-state index is -0.163. The number of nitrogens with zero attached hydrogens (tertiary/aromatic N) is 2. The number of hydrogen-bond acceptors (Lipinski definition) is 3. The van der Waals surface area contributed by atoms with Crippen molar-refractivity contribution in [3.8, 4) is 28.3 Å². The number of H-pyrrole nitrogens is 1. The van der Waals surface area contributed by atoms with Crippen molar-refractivity contribution in [1.29, 1.82) is 0 Å². The van der Waals surface area contributed by atoms with Gasteiger partial charge in [0.25, 0.3) is 5.56 Å². The van der Waals surface area contributed by atoms with Gasteiger partial charge in [-0.2, -0.15) is 5.10 Å². The lowest BCUT2D eigenvalue weighted by molar-refractivity contribution is 0.415. The van der Waals surface area contributed by atoms with Gasteiger partial charge in [-0.25, -0.2) is 4.52 Å². The van der Waals surface area contributed by atoms with Crippen molar-refractivity contribution < 1.29 is 4.74 Å². The highest BCUT2D eigenvalue weighted by Crippen LogP contribution is 2.22. The van der Waals surface area contributed by atoms with E-state index in [0.29, 0.717) is 5.52 Å². The summed E-state index contributed by atoms with van der Waals surface area (Å²) in [5.41, 5.74) is 3.70. The zero-order chi connectivity index (χ0) is 16.5. The first kappa shape index (κ1) is 14.3. The monoisotopic (exact) mass is 317 g/mol. The third-order valence-electron chi connectivity index (χ3n) is 3.94. The minimum Gasteiger partial charge on any atom is -0.497 e. The van der Waals surface area contributed by atoms with Crippen LogP contribution in [0.15, 0.2) is 71.7 Å². The van der Waals surface area contributed by atoms with Gasteiger partial charge in [-0.1, -0.05) is 30.3 Å². The molecule has 0 spiro atoms. The van der Waals surface area contributed by atoms with Crippen molar-refractivity contribution >= 4 is 5.52 Å². The van der Waals surface area contributed by atoms with E-state index in [4.69, 9.17) is 4.74 Å². The Bertz CT molecular complexity index is 1050. The van der Waals surface area contributed by atoms with Crippen molar-refractivity contribution in [3.63, 3.8) is 0 Å². The molecule has 0 atom stereocenters. The molecule has 0 amide bonds. The van der Waals surface area contributed by atoms with Crippen molar-refractivity contribution in [2.45, 2.75) is 0 Å². The number of aromatic amines is 1. The van der Waals surface area contributed by atoms with E-state index in [1.165, 1.54) is 0 Å². The number of aromatic nitrogens is 3. The molecule has 24 heavy (non-hydrogen) atoms. The summed E-state index contributed by atoms with van der Waals surface area (Å²) < 4.78 is 6.79. The summed E-state index contributed by atoms with van der Waals surface area (Å²) in [5.74, 6) is 0.784. The lowest BCUT2D eigenvalue weighted by Gasteiger charge is -2.02. The number of methoxy groups -OCH3 is 1. The standard InChI is InChI=1S/C19H15N3O2/c1-24-15-9-7-14(8-10-15)16-11-18-19(23)20-17(12-22(18)21-16)13-5-3-2-4-6-13/h2-12H,1H3,(H,20,23). The van der Waals surface area contributed by atoms with E-state index in [2.05, 4.69) is 10.1 Å². The molecule has 0 saturated carbocycles. The molecule has 0 radical (unpaired) electrons. The summed E-state index contributed by atoms with van der Waals surface area (Å²) in [6.45, 7) is 0. The predicted molar refractivity (Wildman–Crippen MR) is 93.2 cm³/mol. The maximum absolute atomic E-state index is 12.4. The van der Waals surface area contributed by atoms with Gasteiger partial charge in [-0.15, -0.1) is 0 Å². The normalized spacial score (nSPS) is 10.9. The van der Waals surface area contributed by atoms with Gasteiger partial charge in [0.15, 0.2) is 0 Å². The van der Waals surface area contributed by atoms with Crippen LogP contribution in [0.4, 0.5) is 0 Å². The van der Waals surface area contributed by atoms with Crippen molar-refractivity contribution in [2.24, 2.45) is 0 Å². The van der Waals surface area contributed by atoms with Crippen molar-refractivity contribution in [3.05, 3.63) is 77.2 Å². The fourth-order valence-corrected chi connectivity index (χ4v) is 2.67. The van der Waals surface area contributed by atoms with E-state index < -0.39 is 0 Å². The van der Waals surface area contributed by atoms with Crippen LogP contribution in [0.5, 0.6) is 5.75 Å². The van der Waals surface area contributed by atoms with Crippen LogP contribution in [0, 0.1) is 0 Å². The SMILES string of the molecule is COc1ccc(-c2cc3c(=O)[nH]c(-c4ccccc4)cn3n2)cc1. The number of rotatable bonds is 3. The number of fused-ring (bicyclic) bond motifs is 1. The largest absolute Gasteiger partial charge is 0.497 e. The third kappa shape index (κ3) is 2.46. The topological polar surface area (TPSA) is 59.4 Å². The predicted octanol–water partition coefficient (Wildman–Crippen LogP) is 3.37. The summed E-state index contributed by atoms with van der Waals surface area (Å²) in [6.07, 6.45) is 1.83. The molecule has 4 aromatic rings. The highest BCUT2D eigenvalue weighted by molar-refractivity contribution is 5.67. The molecule has 4 rings (SSSR count). The Morgan fingerprint density at radius 1 is 1.00 bits per heavy atom. The van der Waals surface area contributed by atoms with Gasteiger partial charge in [0.05, 0.1) is 24.7 Å². The van der Waals surface area contributed by atoms with Crippen molar-refractivity contribution in [2.75, 3.05) is 7.11 Å². The number of nitrogens with one attached hydrogen (secondary N) is 1. The van der Waals surface area contributed by atoms with Crippen LogP contribution in [0.3, 0.4) is 0 Å². The molecule has 118 valence electrons. The van der Waals surface area contributed by atoms with E-state index in [0.717, 1.165) is 28.3 Å². The van der Waals surface area contributed by atoms with Crippen LogP contribution >= 0.6 is 0 Å². The Morgan fingerprint density at radius 3 is 2.46 bits per heavy atom. The summed E-state index contributed by atoms with van der Waals surface area (Å²) in [5, 5.41) is 4.54. The zero-order valence-corrected chi connectivity index (χ0v) is 13.1. The molecular weight excluding hydrogens is 302 g/mol. The van der Waals surface area contributed by atoms with Crippen LogP contribution in [0.25, 0.3) is 28.0 Å². The molecule has 2 aromatic carbocycles. The Balaban J connectivity index is 1.83. The second-order valence-electron chi connectivity index (χ2n) is 5.45. The number of ether oxygens (including phenoxy) is 1. The first-order chi connectivity index (χ1) is 11.7. The van der Waals surface area contributed by atoms with E-state index in [-0.39, 0.29) is 5.56 Å². The quantitative estimate of drug-likeness (QED) is 0.630. The van der Waals surface area contributed by atoms with Gasteiger partial charge in [0, 0.05) is 5.56 Å². The van der Waals surface area contributed by atoms with Gasteiger partial charge in [0.2, 0.25) is 0 Å². The van der Waals surface area contributed by atoms with Crippen molar-refractivity contribution in [1.82, 2.24) is 14.6 Å². The molecule has 0 aliphatic heterocycles. The maximum Gasteiger partial charge on any atom is 0.274 e. The van der Waals surface area contributed by atoms with Crippen LogP contribution in [-0.2, 0) is 0 Å². The summed E-state index contributed by atoms with van der Waals surface area (Å²) >= 11 is 0. The second-order valence-corrected chi connectivity index (χ2v) is 5.45. The Kier molecular flexibility index (Phi) is 3.39. The molecule has 5 nitrogen and oxygen atoms in total. The lowest BCUT2D eigenvalue weighted by atomic mass is 10.1. The van der Waals surface area contributed by atoms with Gasteiger partial charge >= 0.3 is 0 Å². The van der Waals surface area contributed by atoms with E-state index in [1.54, 1.807) is 17.7 Å². The van der Waals surface area contributed by atoms with E-state index in [9.17, 15) is 4.79 Å². The molecule has 5 heteroatoms. The summed E-state index contributed by atoms with van der Waals surface area (Å²) in [7, 11) is 1.63. The third-order valence-corrected chi connectivity index (χ3v) is 3.94. The van der Waals surface area contributed by atoms with Gasteiger partial charge in [-0.05, 0) is 35.9 Å². The molecule has 0 bridgehead atoms. The Morgan fingerprint density at radius 2 is 1.75 bits per heavy atom. The van der Waals surface area contributed by atoms with Crippen LogP contribution in [0.2, 0.25) is 0 Å². The van der Waals surface area contributed by atoms with Gasteiger partial charge < -0.3 is 9.72 Å². The molecule has 0 unspecified atom stereocenters. The Labute approximate surface area is 138 Å². The maximum atomic E-state index is 12.4. The molecule has 0 aliphatic rings. The molecule has 2 heterocycles. The molecule has 0 fully saturated rings. The lowest BCUT2D eigenvalue weighted by Crippen LogP contribution is -2.10. The van der Waals surface area contributed by atoms with Gasteiger partial charge in [0.1, 0.15) is 11.3 Å². The highest BCUT2D eigenvalue weighted by Gasteiger charge is 2.09. The van der Waals surface area contributed by atoms with Gasteiger partial charge in [-0.3, -0.25) is 4.79 Å². The fourth-order valence-electron chi connectivity index (χ4n) is 2.67. The summed E-state index contributed by atoms with van der Waals surface area (Å²) in [6, 6.07) is 19.1. The average Bonchev–Trinajstić information content (AvgIpc) is 3.07. The Hall–Kier alpha value is -3.34. The van der Waals surface area contributed by atoms with Crippen LogP contribution in [0.1, 0.15) is 0 Å². The smallest absolute Gasteiger partial charge is 0.274 e. The molecular formula is C19H15N3O2. The molecule has 2 aromatic heterocycles. The molecule has 0 saturated heterocycles. The average molecular weight is 317 g/mol. The second kappa shape index (κ2) is 5.70. The first-order valence-corrected chi connectivity index (χ1v) is 7.57. The fraction of sp³-hybridized carbons (Fsp3) is 0.0526. The van der Waals surface area contributed by atoms with E-state index in [1.807, 2.05) is 60.8 Å². The highest BCUT2D eigenvalue weighted by atomic mass is 16.5. The summed E-state index contributed by atoms with van der Waals surface area (Å²) in [4.78, 5) is 15.3. The molecule has 0 aliphatic carbocycles.